The first kappa shape index (κ1) is 12.0. The van der Waals surface area contributed by atoms with Crippen molar-refractivity contribution in [2.75, 3.05) is 0 Å². The molecule has 0 spiro atoms. The number of nitrogens with zero attached hydrogens (tertiary/aromatic N) is 1. The van der Waals surface area contributed by atoms with Crippen LogP contribution in [0.5, 0.6) is 5.75 Å². The van der Waals surface area contributed by atoms with Gasteiger partial charge in [0.25, 0.3) is 0 Å². The lowest BCUT2D eigenvalue weighted by atomic mass is 9.69. The number of rotatable bonds is 2. The topological polar surface area (TPSA) is 22.1 Å². The summed E-state index contributed by atoms with van der Waals surface area (Å²) < 4.78 is 6.05. The number of fused-ring (bicyclic) bond motifs is 1. The number of ether oxygens (including phenoxy) is 1. The molecule has 3 rings (SSSR count). The highest BCUT2D eigenvalue weighted by Crippen LogP contribution is 2.47. The molecular weight excluding hydrogens is 290 g/mol. The van der Waals surface area contributed by atoms with E-state index in [1.54, 1.807) is 0 Å². The maximum atomic E-state index is 6.05. The van der Waals surface area contributed by atoms with Gasteiger partial charge in [-0.2, -0.15) is 0 Å². The quantitative estimate of drug-likeness (QED) is 0.777. The van der Waals surface area contributed by atoms with Gasteiger partial charge in [0.1, 0.15) is 11.9 Å². The van der Waals surface area contributed by atoms with Gasteiger partial charge in [-0.15, -0.1) is 0 Å². The van der Waals surface area contributed by atoms with E-state index in [9.17, 15) is 0 Å². The summed E-state index contributed by atoms with van der Waals surface area (Å²) in [5.41, 5.74) is 1.20. The average Bonchev–Trinajstić information content (AvgIpc) is 2.38. The predicted octanol–water partition coefficient (Wildman–Crippen LogP) is 4.18. The van der Waals surface area contributed by atoms with E-state index in [0.717, 1.165) is 23.1 Å². The highest BCUT2D eigenvalue weighted by atomic mass is 79.9. The zero-order valence-corrected chi connectivity index (χ0v) is 12.1. The lowest BCUT2D eigenvalue weighted by Gasteiger charge is -2.48. The van der Waals surface area contributed by atoms with Crippen LogP contribution in [0.2, 0.25) is 0 Å². The Morgan fingerprint density at radius 2 is 2.11 bits per heavy atom. The number of para-hydroxylation sites is 1. The second-order valence-corrected chi connectivity index (χ2v) is 6.60. The fourth-order valence-electron chi connectivity index (χ4n) is 2.32. The van der Waals surface area contributed by atoms with Crippen LogP contribution >= 0.6 is 15.9 Å². The van der Waals surface area contributed by atoms with Crippen molar-refractivity contribution in [1.29, 1.82) is 0 Å². The average molecular weight is 306 g/mol. The SMILES string of the molecule is CC1(C)C(Br)CC1Oc1cnc2ccccc2c1. The van der Waals surface area contributed by atoms with Crippen LogP contribution in [0.1, 0.15) is 20.3 Å². The van der Waals surface area contributed by atoms with Crippen molar-refractivity contribution in [3.63, 3.8) is 0 Å². The van der Waals surface area contributed by atoms with Crippen molar-refractivity contribution >= 4 is 26.8 Å². The Morgan fingerprint density at radius 1 is 1.33 bits per heavy atom. The first-order valence-corrected chi connectivity index (χ1v) is 7.14. The Balaban J connectivity index is 1.83. The first-order chi connectivity index (χ1) is 8.57. The van der Waals surface area contributed by atoms with Gasteiger partial charge in [-0.25, -0.2) is 0 Å². The van der Waals surface area contributed by atoms with E-state index in [1.807, 2.05) is 24.4 Å². The van der Waals surface area contributed by atoms with Gasteiger partial charge in [0, 0.05) is 15.6 Å². The second kappa shape index (κ2) is 4.23. The van der Waals surface area contributed by atoms with E-state index in [-0.39, 0.29) is 11.5 Å². The lowest BCUT2D eigenvalue weighted by molar-refractivity contribution is -0.00791. The van der Waals surface area contributed by atoms with E-state index >= 15 is 0 Å². The third-order valence-electron chi connectivity index (χ3n) is 3.90. The molecule has 0 amide bonds. The van der Waals surface area contributed by atoms with Gasteiger partial charge in [-0.1, -0.05) is 48.0 Å². The Morgan fingerprint density at radius 3 is 2.83 bits per heavy atom. The maximum Gasteiger partial charge on any atom is 0.138 e. The minimum atomic E-state index is 0.186. The van der Waals surface area contributed by atoms with Gasteiger partial charge in [0.2, 0.25) is 0 Å². The predicted molar refractivity (Wildman–Crippen MR) is 77.3 cm³/mol. The lowest BCUT2D eigenvalue weighted by Crippen LogP contribution is -2.53. The zero-order valence-electron chi connectivity index (χ0n) is 10.6. The monoisotopic (exact) mass is 305 g/mol. The Bertz CT molecular complexity index is 581. The summed E-state index contributed by atoms with van der Waals surface area (Å²) in [5.74, 6) is 0.867. The van der Waals surface area contributed by atoms with E-state index in [1.165, 1.54) is 0 Å². The molecule has 3 heteroatoms. The Kier molecular flexibility index (Phi) is 2.81. The van der Waals surface area contributed by atoms with Crippen molar-refractivity contribution in [3.8, 4) is 5.75 Å². The molecule has 0 bridgehead atoms. The third-order valence-corrected chi connectivity index (χ3v) is 5.46. The number of pyridine rings is 1. The summed E-state index contributed by atoms with van der Waals surface area (Å²) in [5, 5.41) is 1.13. The van der Waals surface area contributed by atoms with E-state index < -0.39 is 0 Å². The fourth-order valence-corrected chi connectivity index (χ4v) is 2.95. The zero-order chi connectivity index (χ0) is 12.8. The number of hydrogen-bond donors (Lipinski definition) is 0. The summed E-state index contributed by atoms with van der Waals surface area (Å²) in [6.45, 7) is 4.46. The molecule has 0 saturated heterocycles. The molecule has 2 aromatic rings. The van der Waals surface area contributed by atoms with Crippen LogP contribution in [0.15, 0.2) is 36.5 Å². The van der Waals surface area contributed by atoms with Crippen LogP contribution < -0.4 is 4.74 Å². The number of hydrogen-bond acceptors (Lipinski definition) is 2. The van der Waals surface area contributed by atoms with Gasteiger partial charge >= 0.3 is 0 Å². The molecule has 0 radical (unpaired) electrons. The van der Waals surface area contributed by atoms with Crippen molar-refractivity contribution < 1.29 is 4.74 Å². The van der Waals surface area contributed by atoms with Crippen molar-refractivity contribution in [2.24, 2.45) is 5.41 Å². The van der Waals surface area contributed by atoms with Crippen molar-refractivity contribution in [1.82, 2.24) is 4.98 Å². The van der Waals surface area contributed by atoms with Gasteiger partial charge in [-0.3, -0.25) is 4.98 Å². The van der Waals surface area contributed by atoms with E-state index in [2.05, 4.69) is 46.9 Å². The molecule has 0 aliphatic heterocycles. The Hall–Kier alpha value is -1.09. The molecule has 94 valence electrons. The van der Waals surface area contributed by atoms with Crippen molar-refractivity contribution in [3.05, 3.63) is 36.5 Å². The van der Waals surface area contributed by atoms with E-state index in [4.69, 9.17) is 4.74 Å². The van der Waals surface area contributed by atoms with Crippen LogP contribution in [0, 0.1) is 5.41 Å². The fraction of sp³-hybridized carbons (Fsp3) is 0.400. The second-order valence-electron chi connectivity index (χ2n) is 5.49. The van der Waals surface area contributed by atoms with Gasteiger partial charge in [0.15, 0.2) is 0 Å². The number of alkyl halides is 1. The Labute approximate surface area is 115 Å². The molecule has 0 N–H and O–H groups in total. The van der Waals surface area contributed by atoms with E-state index in [0.29, 0.717) is 4.83 Å². The number of aromatic nitrogens is 1. The van der Waals surface area contributed by atoms with Crippen molar-refractivity contribution in [2.45, 2.75) is 31.2 Å². The summed E-state index contributed by atoms with van der Waals surface area (Å²) >= 11 is 3.68. The molecule has 1 aliphatic rings. The summed E-state index contributed by atoms with van der Waals surface area (Å²) in [6, 6.07) is 10.2. The highest BCUT2D eigenvalue weighted by Gasteiger charge is 2.48. The molecule has 1 aromatic heterocycles. The van der Waals surface area contributed by atoms with Crippen LogP contribution in [0.25, 0.3) is 10.9 Å². The standard InChI is InChI=1S/C15H16BrNO/c1-15(2)13(16)8-14(15)18-11-7-10-5-3-4-6-12(10)17-9-11/h3-7,9,13-14H,8H2,1-2H3. The molecule has 1 aliphatic carbocycles. The highest BCUT2D eigenvalue weighted by molar-refractivity contribution is 9.09. The molecular formula is C15H16BrNO. The van der Waals surface area contributed by atoms with Crippen LogP contribution in [0.4, 0.5) is 0 Å². The molecule has 2 unspecified atom stereocenters. The van der Waals surface area contributed by atoms with Crippen LogP contribution in [0.3, 0.4) is 0 Å². The maximum absolute atomic E-state index is 6.05. The minimum absolute atomic E-state index is 0.186. The van der Waals surface area contributed by atoms with Crippen LogP contribution in [-0.4, -0.2) is 15.9 Å². The summed E-state index contributed by atoms with van der Waals surface area (Å²) in [7, 11) is 0. The smallest absolute Gasteiger partial charge is 0.138 e. The number of benzene rings is 1. The first-order valence-electron chi connectivity index (χ1n) is 6.23. The molecule has 1 fully saturated rings. The summed E-state index contributed by atoms with van der Waals surface area (Å²) in [4.78, 5) is 4.97. The largest absolute Gasteiger partial charge is 0.488 e. The third kappa shape index (κ3) is 1.91. The molecule has 1 aromatic carbocycles. The molecule has 1 heterocycles. The van der Waals surface area contributed by atoms with Gasteiger partial charge < -0.3 is 4.74 Å². The molecule has 1 saturated carbocycles. The van der Waals surface area contributed by atoms with Crippen LogP contribution in [-0.2, 0) is 0 Å². The number of halogens is 1. The van der Waals surface area contributed by atoms with Gasteiger partial charge in [-0.05, 0) is 18.6 Å². The molecule has 2 atom stereocenters. The molecule has 2 nitrogen and oxygen atoms in total. The molecule has 18 heavy (non-hydrogen) atoms. The normalized spacial score (nSPS) is 25.7. The van der Waals surface area contributed by atoms with Gasteiger partial charge in [0.05, 0.1) is 11.7 Å². The minimum Gasteiger partial charge on any atom is -0.488 e. The summed E-state index contributed by atoms with van der Waals surface area (Å²) in [6.07, 6.45) is 3.14.